The monoisotopic (exact) mass is 459 g/mol. The third kappa shape index (κ3) is 13.3. The number of ether oxygens (including phenoxy) is 3. The van der Waals surface area contributed by atoms with E-state index in [-0.39, 0.29) is 37.9 Å². The molecule has 1 amide bonds. The summed E-state index contributed by atoms with van der Waals surface area (Å²) in [6, 6.07) is 0. The number of aliphatic hydroxyl groups excluding tert-OH is 1. The number of amides is 1. The molecule has 32 heavy (non-hydrogen) atoms. The Morgan fingerprint density at radius 3 is 2.31 bits per heavy atom. The number of hydrogen-bond acceptors (Lipinski definition) is 8. The Morgan fingerprint density at radius 2 is 1.75 bits per heavy atom. The summed E-state index contributed by atoms with van der Waals surface area (Å²) < 4.78 is 17.0. The van der Waals surface area contributed by atoms with Crippen LogP contribution < -0.4 is 5.32 Å². The normalized spacial score (nSPS) is 17.9. The second kappa shape index (κ2) is 14.8. The lowest BCUT2D eigenvalue weighted by Crippen LogP contribution is -2.46. The predicted molar refractivity (Wildman–Crippen MR) is 123 cm³/mol. The van der Waals surface area contributed by atoms with Gasteiger partial charge in [0.25, 0.3) is 0 Å². The van der Waals surface area contributed by atoms with Crippen LogP contribution >= 0.6 is 0 Å². The average Bonchev–Trinajstić information content (AvgIpc) is 2.70. The number of likely N-dealkylation sites (N-methyl/N-ethyl adjacent to an activating group) is 1. The molecule has 2 unspecified atom stereocenters. The van der Waals surface area contributed by atoms with Gasteiger partial charge >= 0.3 is 5.97 Å². The SMILES string of the molecule is CC(C)C(CO)OC(COC(=O)CCCC(=O)NCCN1CCN(C)CC1)OC(C)(C)C. The first-order chi connectivity index (χ1) is 15.0. The van der Waals surface area contributed by atoms with Crippen LogP contribution in [-0.2, 0) is 23.8 Å². The van der Waals surface area contributed by atoms with Crippen LogP contribution in [-0.4, -0.2) is 104 Å². The van der Waals surface area contributed by atoms with Gasteiger partial charge in [-0.1, -0.05) is 13.8 Å². The molecule has 0 aromatic heterocycles. The van der Waals surface area contributed by atoms with Gasteiger partial charge < -0.3 is 29.5 Å². The first-order valence-corrected chi connectivity index (χ1v) is 11.8. The van der Waals surface area contributed by atoms with Gasteiger partial charge in [-0.15, -0.1) is 0 Å². The van der Waals surface area contributed by atoms with Crippen LogP contribution in [0.3, 0.4) is 0 Å². The van der Waals surface area contributed by atoms with E-state index in [2.05, 4.69) is 22.2 Å². The highest BCUT2D eigenvalue weighted by atomic mass is 16.7. The zero-order valence-electron chi connectivity index (χ0n) is 20.9. The summed E-state index contributed by atoms with van der Waals surface area (Å²) in [6.07, 6.45) is -0.305. The van der Waals surface area contributed by atoms with Crippen molar-refractivity contribution >= 4 is 11.9 Å². The molecule has 1 rings (SSSR count). The molecule has 1 aliphatic rings. The minimum Gasteiger partial charge on any atom is -0.460 e. The van der Waals surface area contributed by atoms with Crippen LogP contribution in [0.4, 0.5) is 0 Å². The van der Waals surface area contributed by atoms with Crippen LogP contribution in [0.25, 0.3) is 0 Å². The maximum Gasteiger partial charge on any atom is 0.305 e. The average molecular weight is 460 g/mol. The van der Waals surface area contributed by atoms with E-state index in [4.69, 9.17) is 14.2 Å². The fourth-order valence-corrected chi connectivity index (χ4v) is 3.24. The number of rotatable bonds is 14. The molecule has 1 fully saturated rings. The standard InChI is InChI=1S/C23H45N3O6/c1-18(2)19(16-27)31-22(32-23(3,4)5)17-30-21(29)9-7-8-20(28)24-10-11-26-14-12-25(6)13-15-26/h18-19,22,27H,7-17H2,1-6H3,(H,24,28). The smallest absolute Gasteiger partial charge is 0.305 e. The first kappa shape index (κ1) is 28.8. The fraction of sp³-hybridized carbons (Fsp3) is 0.913. The third-order valence-electron chi connectivity index (χ3n) is 5.25. The minimum atomic E-state index is -0.767. The van der Waals surface area contributed by atoms with Gasteiger partial charge in [-0.05, 0) is 40.2 Å². The van der Waals surface area contributed by atoms with Gasteiger partial charge in [0, 0.05) is 52.1 Å². The Kier molecular flexibility index (Phi) is 13.3. The molecule has 188 valence electrons. The Hall–Kier alpha value is -1.26. The van der Waals surface area contributed by atoms with E-state index in [0.717, 1.165) is 32.7 Å². The maximum atomic E-state index is 12.1. The summed E-state index contributed by atoms with van der Waals surface area (Å²) in [7, 11) is 2.12. The van der Waals surface area contributed by atoms with Crippen molar-refractivity contribution in [3.8, 4) is 0 Å². The Labute approximate surface area is 193 Å². The van der Waals surface area contributed by atoms with Crippen LogP contribution in [0, 0.1) is 5.92 Å². The summed E-state index contributed by atoms with van der Waals surface area (Å²) in [4.78, 5) is 28.8. The van der Waals surface area contributed by atoms with E-state index in [9.17, 15) is 14.7 Å². The molecule has 0 aromatic rings. The van der Waals surface area contributed by atoms with Crippen molar-refractivity contribution < 1.29 is 28.9 Å². The highest BCUT2D eigenvalue weighted by Gasteiger charge is 2.25. The van der Waals surface area contributed by atoms with E-state index < -0.39 is 24.0 Å². The lowest BCUT2D eigenvalue weighted by Gasteiger charge is -2.32. The van der Waals surface area contributed by atoms with Crippen molar-refractivity contribution in [3.05, 3.63) is 0 Å². The quantitative estimate of drug-likeness (QED) is 0.296. The number of aliphatic hydroxyl groups is 1. The summed E-state index contributed by atoms with van der Waals surface area (Å²) in [6.45, 7) is 15.0. The van der Waals surface area contributed by atoms with Crippen LogP contribution in [0.2, 0.25) is 0 Å². The third-order valence-corrected chi connectivity index (χ3v) is 5.25. The number of carbonyl (C=O) groups excluding carboxylic acids is 2. The molecule has 1 aliphatic heterocycles. The zero-order valence-corrected chi connectivity index (χ0v) is 20.9. The van der Waals surface area contributed by atoms with E-state index in [0.29, 0.717) is 13.0 Å². The van der Waals surface area contributed by atoms with Crippen LogP contribution in [0.15, 0.2) is 0 Å². The van der Waals surface area contributed by atoms with Gasteiger partial charge in [0.1, 0.15) is 6.61 Å². The molecule has 0 spiro atoms. The van der Waals surface area contributed by atoms with Crippen molar-refractivity contribution in [2.75, 3.05) is 59.5 Å². The van der Waals surface area contributed by atoms with E-state index >= 15 is 0 Å². The first-order valence-electron chi connectivity index (χ1n) is 11.8. The number of nitrogens with zero attached hydrogens (tertiary/aromatic N) is 2. The Bertz CT molecular complexity index is 544. The highest BCUT2D eigenvalue weighted by Crippen LogP contribution is 2.17. The molecule has 1 saturated heterocycles. The molecule has 0 radical (unpaired) electrons. The molecule has 9 nitrogen and oxygen atoms in total. The van der Waals surface area contributed by atoms with E-state index in [1.54, 1.807) is 0 Å². The largest absolute Gasteiger partial charge is 0.460 e. The van der Waals surface area contributed by atoms with Crippen molar-refractivity contribution in [2.24, 2.45) is 5.92 Å². The van der Waals surface area contributed by atoms with Gasteiger partial charge in [0.05, 0.1) is 18.3 Å². The second-order valence-electron chi connectivity index (χ2n) is 9.79. The van der Waals surface area contributed by atoms with E-state index in [1.807, 2.05) is 34.6 Å². The molecular formula is C23H45N3O6. The number of hydrogen-bond donors (Lipinski definition) is 2. The summed E-state index contributed by atoms with van der Waals surface area (Å²) in [5, 5.41) is 12.4. The molecular weight excluding hydrogens is 414 g/mol. The van der Waals surface area contributed by atoms with E-state index in [1.165, 1.54) is 0 Å². The topological polar surface area (TPSA) is 101 Å². The predicted octanol–water partition coefficient (Wildman–Crippen LogP) is 1.24. The minimum absolute atomic E-state index is 0.0491. The fourth-order valence-electron chi connectivity index (χ4n) is 3.24. The number of nitrogens with one attached hydrogen (secondary N) is 1. The van der Waals surface area contributed by atoms with Crippen molar-refractivity contribution in [1.82, 2.24) is 15.1 Å². The van der Waals surface area contributed by atoms with Gasteiger partial charge in [-0.3, -0.25) is 14.5 Å². The summed E-state index contributed by atoms with van der Waals surface area (Å²) in [5.41, 5.74) is -0.490. The number of carbonyl (C=O) groups is 2. The van der Waals surface area contributed by atoms with Crippen LogP contribution in [0.1, 0.15) is 53.9 Å². The summed E-state index contributed by atoms with van der Waals surface area (Å²) in [5.74, 6) is -0.352. The van der Waals surface area contributed by atoms with Gasteiger partial charge in [-0.2, -0.15) is 0 Å². The molecule has 9 heteroatoms. The molecule has 2 N–H and O–H groups in total. The molecule has 0 saturated carbocycles. The van der Waals surface area contributed by atoms with Crippen molar-refractivity contribution in [3.63, 3.8) is 0 Å². The lowest BCUT2D eigenvalue weighted by molar-refractivity contribution is -0.243. The van der Waals surface area contributed by atoms with Crippen molar-refractivity contribution in [2.45, 2.75) is 71.9 Å². The molecule has 0 aliphatic carbocycles. The summed E-state index contributed by atoms with van der Waals surface area (Å²) >= 11 is 0. The maximum absolute atomic E-state index is 12.1. The van der Waals surface area contributed by atoms with Gasteiger partial charge in [-0.25, -0.2) is 0 Å². The molecule has 1 heterocycles. The Balaban J connectivity index is 2.25. The lowest BCUT2D eigenvalue weighted by atomic mass is 10.1. The molecule has 2 atom stereocenters. The van der Waals surface area contributed by atoms with Gasteiger partial charge in [0.15, 0.2) is 6.29 Å². The number of esters is 1. The zero-order chi connectivity index (χ0) is 24.1. The van der Waals surface area contributed by atoms with Crippen molar-refractivity contribution in [1.29, 1.82) is 0 Å². The van der Waals surface area contributed by atoms with Gasteiger partial charge in [0.2, 0.25) is 5.91 Å². The second-order valence-corrected chi connectivity index (χ2v) is 9.79. The molecule has 0 aromatic carbocycles. The Morgan fingerprint density at radius 1 is 1.09 bits per heavy atom. The molecule has 0 bridgehead atoms. The highest BCUT2D eigenvalue weighted by molar-refractivity contribution is 5.77. The number of piperazine rings is 1. The van der Waals surface area contributed by atoms with Crippen LogP contribution in [0.5, 0.6) is 0 Å².